The molecule has 0 saturated heterocycles. The Labute approximate surface area is 175 Å². The molecule has 9 heteroatoms. The van der Waals surface area contributed by atoms with Crippen molar-refractivity contribution in [1.82, 2.24) is 24.9 Å². The second-order valence-corrected chi connectivity index (χ2v) is 7.21. The van der Waals surface area contributed by atoms with E-state index in [2.05, 4.69) is 20.4 Å². The first-order chi connectivity index (χ1) is 14.7. The minimum Gasteiger partial charge on any atom is -0.345 e. The van der Waals surface area contributed by atoms with Gasteiger partial charge in [-0.2, -0.15) is 22.7 Å². The molecule has 0 saturated carbocycles. The summed E-state index contributed by atoms with van der Waals surface area (Å²) in [4.78, 5) is 20.6. The largest absolute Gasteiger partial charge is 0.433 e. The summed E-state index contributed by atoms with van der Waals surface area (Å²) in [6, 6.07) is 15.3. The Balaban J connectivity index is 1.68. The zero-order valence-corrected chi connectivity index (χ0v) is 16.7. The lowest BCUT2D eigenvalue weighted by molar-refractivity contribution is -0.142. The number of fused-ring (bicyclic) bond motifs is 1. The van der Waals surface area contributed by atoms with E-state index < -0.39 is 17.8 Å². The van der Waals surface area contributed by atoms with Crippen molar-refractivity contribution in [3.8, 4) is 11.3 Å². The maximum Gasteiger partial charge on any atom is 0.433 e. The van der Waals surface area contributed by atoms with Crippen LogP contribution in [0.4, 0.5) is 13.2 Å². The van der Waals surface area contributed by atoms with Crippen molar-refractivity contribution < 1.29 is 18.0 Å². The summed E-state index contributed by atoms with van der Waals surface area (Å²) in [7, 11) is 0. The van der Waals surface area contributed by atoms with Gasteiger partial charge in [-0.1, -0.05) is 59.7 Å². The maximum atomic E-state index is 13.7. The minimum atomic E-state index is -4.70. The van der Waals surface area contributed by atoms with Crippen LogP contribution in [0, 0.1) is 13.8 Å². The number of hydrogen-bond donors (Lipinski definition) is 1. The summed E-state index contributed by atoms with van der Waals surface area (Å²) in [5, 5.41) is 6.39. The van der Waals surface area contributed by atoms with Crippen LogP contribution in [0.25, 0.3) is 17.0 Å². The molecule has 0 unspecified atom stereocenters. The van der Waals surface area contributed by atoms with Crippen LogP contribution in [0.2, 0.25) is 0 Å². The molecule has 0 aliphatic rings. The average Bonchev–Trinajstić information content (AvgIpc) is 3.16. The number of nitrogens with one attached hydrogen (secondary N) is 1. The number of rotatable bonds is 4. The molecule has 2 aromatic carbocycles. The number of aromatic nitrogens is 4. The number of hydrogen-bond acceptors (Lipinski definition) is 4. The molecule has 6 nitrogen and oxygen atoms in total. The van der Waals surface area contributed by atoms with Crippen molar-refractivity contribution in [2.24, 2.45) is 0 Å². The molecular formula is C22H18F3N5O. The van der Waals surface area contributed by atoms with Crippen LogP contribution in [-0.4, -0.2) is 25.5 Å². The van der Waals surface area contributed by atoms with Gasteiger partial charge in [0.05, 0.1) is 5.69 Å². The van der Waals surface area contributed by atoms with Crippen molar-refractivity contribution >= 4 is 11.7 Å². The Morgan fingerprint density at radius 2 is 1.58 bits per heavy atom. The minimum absolute atomic E-state index is 0.0961. The third-order valence-electron chi connectivity index (χ3n) is 4.73. The van der Waals surface area contributed by atoms with E-state index in [0.29, 0.717) is 10.1 Å². The highest BCUT2D eigenvalue weighted by molar-refractivity contribution is 5.90. The Kier molecular flexibility index (Phi) is 5.18. The van der Waals surface area contributed by atoms with E-state index in [1.54, 1.807) is 24.3 Å². The topological polar surface area (TPSA) is 72.2 Å². The number of halogens is 3. The van der Waals surface area contributed by atoms with E-state index in [9.17, 15) is 18.0 Å². The number of benzene rings is 2. The summed E-state index contributed by atoms with van der Waals surface area (Å²) in [6.45, 7) is 4.02. The van der Waals surface area contributed by atoms with Gasteiger partial charge in [-0.25, -0.2) is 4.98 Å². The predicted molar refractivity (Wildman–Crippen MR) is 108 cm³/mol. The van der Waals surface area contributed by atoms with Gasteiger partial charge in [-0.15, -0.1) is 5.10 Å². The second kappa shape index (κ2) is 7.82. The van der Waals surface area contributed by atoms with Crippen LogP contribution in [0.1, 0.15) is 33.0 Å². The summed E-state index contributed by atoms with van der Waals surface area (Å²) < 4.78 is 41.6. The number of nitrogens with zero attached hydrogens (tertiary/aromatic N) is 4. The number of amides is 1. The molecule has 0 atom stereocenters. The molecule has 158 valence electrons. The third kappa shape index (κ3) is 4.40. The highest BCUT2D eigenvalue weighted by atomic mass is 19.4. The molecular weight excluding hydrogens is 407 g/mol. The molecule has 31 heavy (non-hydrogen) atoms. The van der Waals surface area contributed by atoms with Gasteiger partial charge in [0.15, 0.2) is 5.69 Å². The van der Waals surface area contributed by atoms with E-state index >= 15 is 0 Å². The zero-order chi connectivity index (χ0) is 22.2. The van der Waals surface area contributed by atoms with Gasteiger partial charge in [0, 0.05) is 12.1 Å². The quantitative estimate of drug-likeness (QED) is 0.528. The van der Waals surface area contributed by atoms with Crippen molar-refractivity contribution in [2.45, 2.75) is 26.6 Å². The van der Waals surface area contributed by atoms with E-state index in [1.807, 2.05) is 38.1 Å². The van der Waals surface area contributed by atoms with Crippen LogP contribution in [0.15, 0.2) is 54.6 Å². The van der Waals surface area contributed by atoms with Crippen molar-refractivity contribution in [2.75, 3.05) is 0 Å². The Hall–Kier alpha value is -3.75. The molecule has 0 spiro atoms. The van der Waals surface area contributed by atoms with Gasteiger partial charge in [0.2, 0.25) is 5.82 Å². The van der Waals surface area contributed by atoms with Crippen molar-refractivity contribution in [1.29, 1.82) is 0 Å². The Morgan fingerprint density at radius 3 is 2.19 bits per heavy atom. The van der Waals surface area contributed by atoms with Crippen LogP contribution >= 0.6 is 0 Å². The lowest BCUT2D eigenvalue weighted by Crippen LogP contribution is -2.24. The van der Waals surface area contributed by atoms with Gasteiger partial charge in [-0.3, -0.25) is 4.79 Å². The molecule has 1 amide bonds. The Bertz CT molecular complexity index is 1250. The SMILES string of the molecule is Cc1ccc(CNC(=O)c2nc3nc(-c4ccc(C)cc4)cc(C(F)(F)F)n3n2)cc1. The summed E-state index contributed by atoms with van der Waals surface area (Å²) in [5.74, 6) is -1.37. The van der Waals surface area contributed by atoms with Crippen LogP contribution < -0.4 is 5.32 Å². The smallest absolute Gasteiger partial charge is 0.345 e. The van der Waals surface area contributed by atoms with Crippen LogP contribution in [0.5, 0.6) is 0 Å². The van der Waals surface area contributed by atoms with E-state index in [1.165, 1.54) is 0 Å². The summed E-state index contributed by atoms with van der Waals surface area (Å²) in [5.41, 5.74) is 2.44. The van der Waals surface area contributed by atoms with Gasteiger partial charge in [0.25, 0.3) is 11.7 Å². The second-order valence-electron chi connectivity index (χ2n) is 7.21. The molecule has 2 heterocycles. The van der Waals surface area contributed by atoms with Crippen LogP contribution in [0.3, 0.4) is 0 Å². The fourth-order valence-corrected chi connectivity index (χ4v) is 3.01. The van der Waals surface area contributed by atoms with E-state index in [4.69, 9.17) is 0 Å². The first-order valence-electron chi connectivity index (χ1n) is 9.46. The molecule has 0 radical (unpaired) electrons. The summed E-state index contributed by atoms with van der Waals surface area (Å²) in [6.07, 6.45) is -4.70. The zero-order valence-electron chi connectivity index (χ0n) is 16.7. The standard InChI is InChI=1S/C22H18F3N5O/c1-13-3-7-15(8-4-13)12-26-20(31)19-28-21-27-17(16-9-5-14(2)6-10-16)11-18(22(23,24)25)30(21)29-19/h3-11H,12H2,1-2H3,(H,26,31). The highest BCUT2D eigenvalue weighted by Crippen LogP contribution is 2.32. The molecule has 4 rings (SSSR count). The molecule has 2 aromatic heterocycles. The van der Waals surface area contributed by atoms with Crippen LogP contribution in [-0.2, 0) is 12.7 Å². The molecule has 0 aliphatic carbocycles. The van der Waals surface area contributed by atoms with E-state index in [0.717, 1.165) is 22.8 Å². The molecule has 0 aliphatic heterocycles. The van der Waals surface area contributed by atoms with Gasteiger partial charge < -0.3 is 5.32 Å². The lowest BCUT2D eigenvalue weighted by Gasteiger charge is -2.10. The van der Waals surface area contributed by atoms with Gasteiger partial charge >= 0.3 is 6.18 Å². The first kappa shape index (κ1) is 20.5. The molecule has 0 bridgehead atoms. The fourth-order valence-electron chi connectivity index (χ4n) is 3.01. The van der Waals surface area contributed by atoms with Crippen molar-refractivity contribution in [3.05, 3.63) is 82.8 Å². The number of carbonyl (C=O) groups excluding carboxylic acids is 1. The maximum absolute atomic E-state index is 13.7. The summed E-state index contributed by atoms with van der Waals surface area (Å²) >= 11 is 0. The van der Waals surface area contributed by atoms with Crippen molar-refractivity contribution in [3.63, 3.8) is 0 Å². The van der Waals surface area contributed by atoms with Gasteiger partial charge in [0.1, 0.15) is 0 Å². The molecule has 4 aromatic rings. The first-order valence-corrected chi connectivity index (χ1v) is 9.46. The third-order valence-corrected chi connectivity index (χ3v) is 4.73. The normalized spacial score (nSPS) is 11.6. The molecule has 0 fully saturated rings. The number of aryl methyl sites for hydroxylation is 2. The molecule has 1 N–H and O–H groups in total. The Morgan fingerprint density at radius 1 is 0.968 bits per heavy atom. The fraction of sp³-hybridized carbons (Fsp3) is 0.182. The van der Waals surface area contributed by atoms with E-state index in [-0.39, 0.29) is 23.8 Å². The average molecular weight is 425 g/mol. The number of alkyl halides is 3. The highest BCUT2D eigenvalue weighted by Gasteiger charge is 2.36. The predicted octanol–water partition coefficient (Wildman–Crippen LogP) is 4.36. The number of carbonyl (C=O) groups is 1. The monoisotopic (exact) mass is 425 g/mol. The lowest BCUT2D eigenvalue weighted by atomic mass is 10.1. The van der Waals surface area contributed by atoms with Gasteiger partial charge in [-0.05, 0) is 25.5 Å².